The number of hydrogen-bond acceptors (Lipinski definition) is 5. The van der Waals surface area contributed by atoms with E-state index in [0.717, 1.165) is 20.6 Å². The number of halogens is 1. The van der Waals surface area contributed by atoms with Crippen molar-refractivity contribution in [1.82, 2.24) is 10.3 Å². The number of aromatic nitrogens is 1. The topological polar surface area (TPSA) is 42.0 Å². The summed E-state index contributed by atoms with van der Waals surface area (Å²) in [5.74, 6) is 0.454. The van der Waals surface area contributed by atoms with Gasteiger partial charge in [0, 0.05) is 27.0 Å². The first kappa shape index (κ1) is 19.9. The Morgan fingerprint density at radius 2 is 2.04 bits per heavy atom. The normalized spacial score (nSPS) is 11.9. The van der Waals surface area contributed by atoms with Crippen LogP contribution in [0.1, 0.15) is 22.2 Å². The van der Waals surface area contributed by atoms with Crippen molar-refractivity contribution in [3.63, 3.8) is 0 Å². The summed E-state index contributed by atoms with van der Waals surface area (Å²) in [5, 5.41) is 5.97. The van der Waals surface area contributed by atoms with E-state index in [2.05, 4.69) is 17.2 Å². The summed E-state index contributed by atoms with van der Waals surface area (Å²) in [6.07, 6.45) is 1.70. The maximum absolute atomic E-state index is 13.0. The predicted octanol–water partition coefficient (Wildman–Crippen LogP) is 5.49. The molecule has 0 saturated heterocycles. The van der Waals surface area contributed by atoms with Gasteiger partial charge >= 0.3 is 0 Å². The van der Waals surface area contributed by atoms with E-state index in [0.29, 0.717) is 17.4 Å². The molecule has 0 aliphatic carbocycles. The monoisotopic (exact) mass is 418 g/mol. The third-order valence-electron chi connectivity index (χ3n) is 3.62. The number of nitrogens with zero attached hydrogens (tertiary/aromatic N) is 1. The average molecular weight is 419 g/mol. The van der Waals surface area contributed by atoms with Crippen molar-refractivity contribution in [2.45, 2.75) is 28.6 Å². The molecular formula is C20H19FN2OS3. The van der Waals surface area contributed by atoms with Gasteiger partial charge in [0.1, 0.15) is 10.8 Å². The van der Waals surface area contributed by atoms with E-state index < -0.39 is 0 Å². The second kappa shape index (κ2) is 9.92. The number of benzene rings is 1. The molecule has 0 bridgehead atoms. The molecule has 0 spiro atoms. The van der Waals surface area contributed by atoms with Gasteiger partial charge in [-0.05, 0) is 47.8 Å². The third-order valence-corrected chi connectivity index (χ3v) is 7.09. The van der Waals surface area contributed by atoms with Crippen LogP contribution in [0.2, 0.25) is 0 Å². The molecular weight excluding hydrogens is 399 g/mol. The van der Waals surface area contributed by atoms with Crippen molar-refractivity contribution < 1.29 is 9.18 Å². The zero-order chi connectivity index (χ0) is 19.1. The first-order valence-electron chi connectivity index (χ1n) is 8.42. The average Bonchev–Trinajstić information content (AvgIpc) is 3.20. The van der Waals surface area contributed by atoms with Crippen LogP contribution in [0, 0.1) is 5.82 Å². The van der Waals surface area contributed by atoms with Crippen molar-refractivity contribution in [2.24, 2.45) is 0 Å². The van der Waals surface area contributed by atoms with Gasteiger partial charge in [0.05, 0.1) is 12.1 Å². The summed E-state index contributed by atoms with van der Waals surface area (Å²) in [6, 6.07) is 14.1. The maximum atomic E-state index is 13.0. The molecule has 140 valence electrons. The fourth-order valence-corrected chi connectivity index (χ4v) is 5.05. The summed E-state index contributed by atoms with van der Waals surface area (Å²) in [5.41, 5.74) is 0.595. The Labute approximate surface area is 170 Å². The molecule has 3 nitrogen and oxygen atoms in total. The van der Waals surface area contributed by atoms with E-state index in [-0.39, 0.29) is 11.7 Å². The Morgan fingerprint density at radius 3 is 2.78 bits per heavy atom. The van der Waals surface area contributed by atoms with Crippen molar-refractivity contribution in [3.05, 3.63) is 76.4 Å². The van der Waals surface area contributed by atoms with Gasteiger partial charge in [0.2, 0.25) is 0 Å². The van der Waals surface area contributed by atoms with Crippen molar-refractivity contribution in [1.29, 1.82) is 0 Å². The van der Waals surface area contributed by atoms with Gasteiger partial charge in [-0.3, -0.25) is 4.79 Å². The molecule has 7 heteroatoms. The van der Waals surface area contributed by atoms with Gasteiger partial charge in [-0.25, -0.2) is 9.37 Å². The van der Waals surface area contributed by atoms with Crippen LogP contribution in [0.3, 0.4) is 0 Å². The van der Waals surface area contributed by atoms with Crippen LogP contribution in [0.5, 0.6) is 0 Å². The minimum absolute atomic E-state index is 0.113. The molecule has 3 rings (SSSR count). The summed E-state index contributed by atoms with van der Waals surface area (Å²) in [4.78, 5) is 19.1. The Bertz CT molecular complexity index is 869. The Hall–Kier alpha value is -1.83. The van der Waals surface area contributed by atoms with Crippen LogP contribution >= 0.6 is 34.9 Å². The summed E-state index contributed by atoms with van der Waals surface area (Å²) < 4.78 is 13.0. The molecule has 27 heavy (non-hydrogen) atoms. The predicted molar refractivity (Wildman–Crippen MR) is 112 cm³/mol. The summed E-state index contributed by atoms with van der Waals surface area (Å²) >= 11 is 4.86. The Balaban J connectivity index is 1.56. The largest absolute Gasteiger partial charge is 0.347 e. The molecule has 1 N–H and O–H groups in total. The lowest BCUT2D eigenvalue weighted by molar-refractivity contribution is 0.0947. The number of amides is 1. The molecule has 1 amide bonds. The molecule has 1 atom stereocenters. The SMILES string of the molecule is CC(CSc1ncccc1C(=O)NCc1cccs1)Sc1ccc(F)cc1. The van der Waals surface area contributed by atoms with E-state index in [9.17, 15) is 9.18 Å². The Morgan fingerprint density at radius 1 is 1.22 bits per heavy atom. The number of thioether (sulfide) groups is 2. The van der Waals surface area contributed by atoms with Crippen molar-refractivity contribution >= 4 is 40.8 Å². The van der Waals surface area contributed by atoms with Gasteiger partial charge in [-0.1, -0.05) is 13.0 Å². The highest BCUT2D eigenvalue weighted by Gasteiger charge is 2.14. The van der Waals surface area contributed by atoms with Gasteiger partial charge in [-0.2, -0.15) is 0 Å². The lowest BCUT2D eigenvalue weighted by Crippen LogP contribution is -2.23. The summed E-state index contributed by atoms with van der Waals surface area (Å²) in [7, 11) is 0. The zero-order valence-electron chi connectivity index (χ0n) is 14.7. The molecule has 0 radical (unpaired) electrons. The lowest BCUT2D eigenvalue weighted by atomic mass is 10.2. The smallest absolute Gasteiger partial charge is 0.254 e. The van der Waals surface area contributed by atoms with Crippen molar-refractivity contribution in [2.75, 3.05) is 5.75 Å². The van der Waals surface area contributed by atoms with Crippen LogP contribution in [-0.2, 0) is 6.54 Å². The second-order valence-corrected chi connectivity index (χ2v) is 9.36. The van der Waals surface area contributed by atoms with Crippen LogP contribution in [0.15, 0.2) is 70.0 Å². The van der Waals surface area contributed by atoms with E-state index in [4.69, 9.17) is 0 Å². The first-order valence-corrected chi connectivity index (χ1v) is 11.2. The number of carbonyl (C=O) groups excluding carboxylic acids is 1. The fourth-order valence-electron chi connectivity index (χ4n) is 2.33. The number of thiophene rings is 1. The molecule has 0 fully saturated rings. The molecule has 0 aliphatic heterocycles. The quantitative estimate of drug-likeness (QED) is 0.492. The van der Waals surface area contributed by atoms with E-state index in [1.54, 1.807) is 65.3 Å². The molecule has 0 aliphatic rings. The highest BCUT2D eigenvalue weighted by atomic mass is 32.2. The third kappa shape index (κ3) is 6.09. The van der Waals surface area contributed by atoms with Crippen molar-refractivity contribution in [3.8, 4) is 0 Å². The second-order valence-electron chi connectivity index (χ2n) is 5.81. The molecule has 1 aromatic carbocycles. The van der Waals surface area contributed by atoms with Crippen LogP contribution < -0.4 is 5.32 Å². The highest BCUT2D eigenvalue weighted by Crippen LogP contribution is 2.29. The number of rotatable bonds is 8. The molecule has 0 saturated carbocycles. The van der Waals surface area contributed by atoms with Gasteiger partial charge in [0.25, 0.3) is 5.91 Å². The number of pyridine rings is 1. The number of hydrogen-bond donors (Lipinski definition) is 1. The lowest BCUT2D eigenvalue weighted by Gasteiger charge is -2.12. The minimum Gasteiger partial charge on any atom is -0.347 e. The standard InChI is InChI=1S/C20H19FN2OS3/c1-14(27-16-8-6-15(21)7-9-16)13-26-20-18(5-2-10-22-20)19(24)23-12-17-4-3-11-25-17/h2-11,14H,12-13H2,1H3,(H,23,24). The van der Waals surface area contributed by atoms with Crippen LogP contribution in [-0.4, -0.2) is 21.9 Å². The Kier molecular flexibility index (Phi) is 7.32. The van der Waals surface area contributed by atoms with Gasteiger partial charge in [-0.15, -0.1) is 34.9 Å². The number of nitrogens with one attached hydrogen (secondary N) is 1. The van der Waals surface area contributed by atoms with Crippen LogP contribution in [0.4, 0.5) is 4.39 Å². The molecule has 3 aromatic rings. The maximum Gasteiger partial charge on any atom is 0.254 e. The molecule has 1 unspecified atom stereocenters. The fraction of sp³-hybridized carbons (Fsp3) is 0.200. The van der Waals surface area contributed by atoms with Gasteiger partial charge in [0.15, 0.2) is 0 Å². The number of carbonyl (C=O) groups is 1. The molecule has 2 aromatic heterocycles. The highest BCUT2D eigenvalue weighted by molar-refractivity contribution is 8.03. The minimum atomic E-state index is -0.229. The van der Waals surface area contributed by atoms with E-state index >= 15 is 0 Å². The van der Waals surface area contributed by atoms with Gasteiger partial charge < -0.3 is 5.32 Å². The first-order chi connectivity index (χ1) is 13.1. The van der Waals surface area contributed by atoms with E-state index in [1.165, 1.54) is 12.1 Å². The summed E-state index contributed by atoms with van der Waals surface area (Å²) in [6.45, 7) is 2.63. The van der Waals surface area contributed by atoms with E-state index in [1.807, 2.05) is 17.5 Å². The van der Waals surface area contributed by atoms with Crippen LogP contribution in [0.25, 0.3) is 0 Å². The molecule has 2 heterocycles. The zero-order valence-corrected chi connectivity index (χ0v) is 17.2.